The molecular formula is C18H33NO4. The monoisotopic (exact) mass is 327 g/mol. The highest BCUT2D eigenvalue weighted by Gasteiger charge is 2.24. The topological polar surface area (TPSA) is 67.8 Å². The van der Waals surface area contributed by atoms with E-state index < -0.39 is 11.7 Å². The molecule has 0 heterocycles. The number of carbonyl (C=O) groups excluding carboxylic acids is 1. The predicted octanol–water partition coefficient (Wildman–Crippen LogP) is 3.41. The number of carbonyl (C=O) groups is 1. The third-order valence-electron chi connectivity index (χ3n) is 3.58. The Bertz CT molecular complexity index is 418. The van der Waals surface area contributed by atoms with Crippen LogP contribution in [-0.2, 0) is 9.47 Å². The first kappa shape index (κ1) is 20.0. The molecule has 0 unspecified atom stereocenters. The molecule has 1 fully saturated rings. The fourth-order valence-electron chi connectivity index (χ4n) is 2.56. The van der Waals surface area contributed by atoms with E-state index in [9.17, 15) is 9.90 Å². The molecule has 0 aromatic carbocycles. The Balaban J connectivity index is 2.76. The van der Waals surface area contributed by atoms with Crippen molar-refractivity contribution in [1.29, 1.82) is 0 Å². The van der Waals surface area contributed by atoms with E-state index in [1.807, 2.05) is 47.6 Å². The first-order chi connectivity index (χ1) is 10.5. The molecule has 0 aliphatic heterocycles. The van der Waals surface area contributed by atoms with Crippen molar-refractivity contribution in [1.82, 2.24) is 5.32 Å². The van der Waals surface area contributed by atoms with Gasteiger partial charge in [-0.05, 0) is 60.8 Å². The summed E-state index contributed by atoms with van der Waals surface area (Å²) in [5, 5.41) is 12.3. The van der Waals surface area contributed by atoms with Gasteiger partial charge < -0.3 is 19.9 Å². The minimum atomic E-state index is -0.534. The molecule has 2 atom stereocenters. The van der Waals surface area contributed by atoms with Gasteiger partial charge in [0.05, 0.1) is 18.2 Å². The van der Waals surface area contributed by atoms with Crippen molar-refractivity contribution in [3.05, 3.63) is 11.6 Å². The summed E-state index contributed by atoms with van der Waals surface area (Å²) in [6, 6.07) is -0.258. The maximum atomic E-state index is 12.1. The maximum Gasteiger partial charge on any atom is 0.408 e. The van der Waals surface area contributed by atoms with Gasteiger partial charge in [-0.15, -0.1) is 0 Å². The highest BCUT2D eigenvalue weighted by Crippen LogP contribution is 2.31. The number of amides is 1. The largest absolute Gasteiger partial charge is 0.444 e. The number of hydrogen-bond donors (Lipinski definition) is 2. The zero-order chi connectivity index (χ0) is 17.7. The predicted molar refractivity (Wildman–Crippen MR) is 91.4 cm³/mol. The molecular weight excluding hydrogens is 294 g/mol. The molecule has 1 aliphatic rings. The lowest BCUT2D eigenvalue weighted by Crippen LogP contribution is -2.42. The van der Waals surface area contributed by atoms with Crippen molar-refractivity contribution in [3.63, 3.8) is 0 Å². The highest BCUT2D eigenvalue weighted by molar-refractivity contribution is 5.68. The molecule has 0 radical (unpaired) electrons. The molecule has 0 saturated heterocycles. The van der Waals surface area contributed by atoms with Gasteiger partial charge in [0.2, 0.25) is 0 Å². The molecule has 134 valence electrons. The van der Waals surface area contributed by atoms with Crippen molar-refractivity contribution in [3.8, 4) is 0 Å². The summed E-state index contributed by atoms with van der Waals surface area (Å²) in [7, 11) is 0. The number of aliphatic hydroxyl groups is 1. The summed E-state index contributed by atoms with van der Waals surface area (Å²) in [5.41, 5.74) is 0.387. The van der Waals surface area contributed by atoms with E-state index in [0.717, 1.165) is 19.3 Å². The van der Waals surface area contributed by atoms with E-state index in [1.165, 1.54) is 5.57 Å². The molecule has 0 aromatic heterocycles. The van der Waals surface area contributed by atoms with Gasteiger partial charge in [0.1, 0.15) is 5.60 Å². The molecule has 0 spiro atoms. The summed E-state index contributed by atoms with van der Waals surface area (Å²) in [4.78, 5) is 12.1. The number of ether oxygens (including phenoxy) is 2. The first-order valence-corrected chi connectivity index (χ1v) is 8.45. The second-order valence-corrected chi connectivity index (χ2v) is 8.19. The van der Waals surface area contributed by atoms with Gasteiger partial charge >= 0.3 is 6.09 Å². The molecule has 1 saturated carbocycles. The Morgan fingerprint density at radius 2 is 1.96 bits per heavy atom. The van der Waals surface area contributed by atoms with Gasteiger partial charge in [0, 0.05) is 12.5 Å². The Kier molecular flexibility index (Phi) is 7.08. The van der Waals surface area contributed by atoms with Crippen molar-refractivity contribution < 1.29 is 19.4 Å². The molecule has 1 aliphatic carbocycles. The van der Waals surface area contributed by atoms with Crippen LogP contribution in [0.3, 0.4) is 0 Å². The van der Waals surface area contributed by atoms with Crippen LogP contribution in [0.5, 0.6) is 0 Å². The maximum absolute atomic E-state index is 12.1. The molecule has 1 amide bonds. The fraction of sp³-hybridized carbons (Fsp3) is 0.833. The Morgan fingerprint density at radius 3 is 2.48 bits per heavy atom. The van der Waals surface area contributed by atoms with Crippen LogP contribution in [0, 0.1) is 5.92 Å². The van der Waals surface area contributed by atoms with Gasteiger partial charge in [0.25, 0.3) is 0 Å². The first-order valence-electron chi connectivity index (χ1n) is 8.45. The molecule has 0 aromatic rings. The second-order valence-electron chi connectivity index (χ2n) is 8.19. The lowest BCUT2D eigenvalue weighted by atomic mass is 10.0. The SMILES string of the molecule is CC(C)(C)OC[C@@H](/C=C1/CCC[C@@H]1CO)NC(=O)OC(C)(C)C. The third-order valence-corrected chi connectivity index (χ3v) is 3.58. The standard InChI is InChI=1S/C18H33NO4/c1-17(2,3)22-12-15(19-16(21)23-18(4,5)6)10-13-8-7-9-14(13)11-20/h10,14-15,20H,7-9,11-12H2,1-6H3,(H,19,21)/b13-10-/t14-,15-/m1/s1. The summed E-state index contributed by atoms with van der Waals surface area (Å²) in [5.74, 6) is 0.201. The molecule has 23 heavy (non-hydrogen) atoms. The lowest BCUT2D eigenvalue weighted by Gasteiger charge is -2.26. The van der Waals surface area contributed by atoms with Crippen LogP contribution in [0.15, 0.2) is 11.6 Å². The average molecular weight is 327 g/mol. The summed E-state index contributed by atoms with van der Waals surface area (Å²) >= 11 is 0. The fourth-order valence-corrected chi connectivity index (χ4v) is 2.56. The number of alkyl carbamates (subject to hydrolysis) is 1. The van der Waals surface area contributed by atoms with Crippen molar-refractivity contribution >= 4 is 6.09 Å². The second kappa shape index (κ2) is 8.15. The van der Waals surface area contributed by atoms with Crippen LogP contribution in [-0.4, -0.2) is 41.7 Å². The van der Waals surface area contributed by atoms with Gasteiger partial charge in [-0.3, -0.25) is 0 Å². The van der Waals surface area contributed by atoms with Gasteiger partial charge in [-0.1, -0.05) is 11.6 Å². The zero-order valence-corrected chi connectivity index (χ0v) is 15.4. The van der Waals surface area contributed by atoms with Crippen LogP contribution in [0.25, 0.3) is 0 Å². The normalized spacial score (nSPS) is 22.2. The van der Waals surface area contributed by atoms with E-state index in [0.29, 0.717) is 6.61 Å². The lowest BCUT2D eigenvalue weighted by molar-refractivity contribution is -0.0116. The minimum absolute atomic E-state index is 0.158. The van der Waals surface area contributed by atoms with Crippen LogP contribution in [0.1, 0.15) is 60.8 Å². The quantitative estimate of drug-likeness (QED) is 0.759. The van der Waals surface area contributed by atoms with E-state index in [1.54, 1.807) is 0 Å². The smallest absolute Gasteiger partial charge is 0.408 e. The number of aliphatic hydroxyl groups excluding tert-OH is 1. The van der Waals surface area contributed by atoms with Crippen LogP contribution in [0.4, 0.5) is 4.79 Å². The number of hydrogen-bond acceptors (Lipinski definition) is 4. The van der Waals surface area contributed by atoms with E-state index >= 15 is 0 Å². The van der Waals surface area contributed by atoms with E-state index in [-0.39, 0.29) is 24.2 Å². The van der Waals surface area contributed by atoms with E-state index in [4.69, 9.17) is 9.47 Å². The van der Waals surface area contributed by atoms with Crippen molar-refractivity contribution in [2.45, 2.75) is 78.0 Å². The molecule has 5 nitrogen and oxygen atoms in total. The number of rotatable bonds is 5. The van der Waals surface area contributed by atoms with E-state index in [2.05, 4.69) is 5.32 Å². The molecule has 5 heteroatoms. The number of nitrogens with one attached hydrogen (secondary N) is 1. The molecule has 2 N–H and O–H groups in total. The van der Waals surface area contributed by atoms with Gasteiger partial charge in [0.15, 0.2) is 0 Å². The van der Waals surface area contributed by atoms with Crippen molar-refractivity contribution in [2.75, 3.05) is 13.2 Å². The van der Waals surface area contributed by atoms with Crippen molar-refractivity contribution in [2.24, 2.45) is 5.92 Å². The van der Waals surface area contributed by atoms with Gasteiger partial charge in [-0.2, -0.15) is 0 Å². The average Bonchev–Trinajstić information content (AvgIpc) is 2.80. The Morgan fingerprint density at radius 1 is 1.30 bits per heavy atom. The van der Waals surface area contributed by atoms with Crippen LogP contribution in [0.2, 0.25) is 0 Å². The Labute approximate surface area is 140 Å². The highest BCUT2D eigenvalue weighted by atomic mass is 16.6. The van der Waals surface area contributed by atoms with Crippen LogP contribution < -0.4 is 5.32 Å². The zero-order valence-electron chi connectivity index (χ0n) is 15.4. The third kappa shape index (κ3) is 8.37. The molecule has 1 rings (SSSR count). The summed E-state index contributed by atoms with van der Waals surface area (Å²) in [6.45, 7) is 12.0. The minimum Gasteiger partial charge on any atom is -0.444 e. The van der Waals surface area contributed by atoms with Crippen LogP contribution >= 0.6 is 0 Å². The summed E-state index contributed by atoms with van der Waals surface area (Å²) < 4.78 is 11.2. The van der Waals surface area contributed by atoms with Gasteiger partial charge in [-0.25, -0.2) is 4.79 Å². The summed E-state index contributed by atoms with van der Waals surface area (Å²) in [6.07, 6.45) is 4.63. The molecule has 0 bridgehead atoms. The Hall–Kier alpha value is -1.07.